The zero-order chi connectivity index (χ0) is 9.26. The van der Waals surface area contributed by atoms with E-state index in [4.69, 9.17) is 0 Å². The van der Waals surface area contributed by atoms with E-state index in [1.165, 1.54) is 11.1 Å². The molecule has 68 valence electrons. The van der Waals surface area contributed by atoms with E-state index in [1.807, 2.05) is 25.1 Å². The molecule has 14 heavy (non-hydrogen) atoms. The van der Waals surface area contributed by atoms with Gasteiger partial charge in [0.25, 0.3) is 0 Å². The Morgan fingerprint density at radius 1 is 1.29 bits per heavy atom. The van der Waals surface area contributed by atoms with Crippen molar-refractivity contribution in [2.24, 2.45) is 5.92 Å². The Kier molecular flexibility index (Phi) is 4.98. The molecule has 0 saturated carbocycles. The largest absolute Gasteiger partial charge is 1.00 e. The second-order valence-corrected chi connectivity index (χ2v) is 3.53. The van der Waals surface area contributed by atoms with Gasteiger partial charge in [-0.25, -0.2) is 0 Å². The van der Waals surface area contributed by atoms with Crippen molar-refractivity contribution in [1.82, 2.24) is 0 Å². The van der Waals surface area contributed by atoms with Crippen molar-refractivity contribution in [3.63, 3.8) is 0 Å². The summed E-state index contributed by atoms with van der Waals surface area (Å²) in [7, 11) is 0. The van der Waals surface area contributed by atoms with Gasteiger partial charge in [-0.3, -0.25) is 0 Å². The predicted octanol–water partition coefficient (Wildman–Crippen LogP) is -0.717. The first-order valence-electron chi connectivity index (χ1n) is 4.55. The van der Waals surface area contributed by atoms with Gasteiger partial charge in [0, 0.05) is 5.92 Å². The first-order valence-corrected chi connectivity index (χ1v) is 4.55. The quantitative estimate of drug-likeness (QED) is 0.605. The number of carbonyl (C=O) groups excluding carboxylic acids is 1. The van der Waals surface area contributed by atoms with Crippen molar-refractivity contribution in [2.45, 2.75) is 19.9 Å². The molecule has 0 aromatic heterocycles. The number of hydrogen-bond acceptors (Lipinski definition) is 1. The molecule has 1 aromatic rings. The Bertz CT molecular complexity index is 338. The SMILES string of the molecule is CC1Cc2ccccc2C[N-]C1=O.[Rb+]. The molecular weight excluding hydrogens is 248 g/mol. The van der Waals surface area contributed by atoms with Crippen LogP contribution in [0.25, 0.3) is 5.32 Å². The van der Waals surface area contributed by atoms with Gasteiger partial charge >= 0.3 is 58.2 Å². The molecule has 1 heterocycles. The molecule has 1 amide bonds. The number of carbonyl (C=O) groups is 1. The van der Waals surface area contributed by atoms with E-state index in [-0.39, 0.29) is 70.0 Å². The molecule has 2 nitrogen and oxygen atoms in total. The summed E-state index contributed by atoms with van der Waals surface area (Å²) < 4.78 is 0. The Balaban J connectivity index is 0.000000980. The van der Waals surface area contributed by atoms with Crippen LogP contribution in [-0.2, 0) is 17.8 Å². The third kappa shape index (κ3) is 2.75. The second kappa shape index (κ2) is 5.54. The predicted molar refractivity (Wildman–Crippen MR) is 51.4 cm³/mol. The van der Waals surface area contributed by atoms with Crippen molar-refractivity contribution in [1.29, 1.82) is 0 Å². The first kappa shape index (κ1) is 12.6. The van der Waals surface area contributed by atoms with Crippen LogP contribution in [-0.4, -0.2) is 5.91 Å². The molecule has 3 heteroatoms. The second-order valence-electron chi connectivity index (χ2n) is 3.53. The maximum atomic E-state index is 11.3. The van der Waals surface area contributed by atoms with Crippen molar-refractivity contribution < 1.29 is 63.0 Å². The monoisotopic (exact) mass is 259 g/mol. The van der Waals surface area contributed by atoms with Gasteiger partial charge in [0.2, 0.25) is 0 Å². The number of rotatable bonds is 0. The molecule has 2 rings (SSSR count). The molecule has 0 aliphatic carbocycles. The summed E-state index contributed by atoms with van der Waals surface area (Å²) in [5.74, 6) is 0.0832. The fraction of sp³-hybridized carbons (Fsp3) is 0.364. The molecule has 1 atom stereocenters. The minimum atomic E-state index is 0. The average Bonchev–Trinajstić information content (AvgIpc) is 2.28. The molecule has 0 spiro atoms. The Hall–Kier alpha value is 0.495. The van der Waals surface area contributed by atoms with Crippen LogP contribution in [0.3, 0.4) is 0 Å². The van der Waals surface area contributed by atoms with Crippen molar-refractivity contribution >= 4 is 5.91 Å². The number of nitrogens with zero attached hydrogens (tertiary/aromatic N) is 1. The fourth-order valence-corrected chi connectivity index (χ4v) is 1.65. The zero-order valence-electron chi connectivity index (χ0n) is 8.66. The van der Waals surface area contributed by atoms with Gasteiger partial charge in [0.05, 0.1) is 5.91 Å². The molecule has 1 aliphatic heterocycles. The van der Waals surface area contributed by atoms with Crippen LogP contribution in [0.15, 0.2) is 24.3 Å². The summed E-state index contributed by atoms with van der Waals surface area (Å²) in [6.45, 7) is 2.49. The van der Waals surface area contributed by atoms with E-state index in [9.17, 15) is 4.79 Å². The minimum absolute atomic E-state index is 0. The van der Waals surface area contributed by atoms with Gasteiger partial charge in [0.15, 0.2) is 0 Å². The smallest absolute Gasteiger partial charge is 0.649 e. The number of hydrogen-bond donors (Lipinski definition) is 0. The molecule has 0 saturated heterocycles. The Labute approximate surface area is 133 Å². The number of benzene rings is 1. The van der Waals surface area contributed by atoms with Crippen molar-refractivity contribution in [3.8, 4) is 0 Å². The minimum Gasteiger partial charge on any atom is -0.649 e. The third-order valence-corrected chi connectivity index (χ3v) is 2.47. The van der Waals surface area contributed by atoms with E-state index >= 15 is 0 Å². The molecule has 1 aliphatic rings. The summed E-state index contributed by atoms with van der Waals surface area (Å²) in [5, 5.41) is 4.01. The standard InChI is InChI=1S/C11H13NO.Rb/c1-8-6-9-4-2-3-5-10(9)7-12-11(8)13;/h2-5,8H,6-7H2,1H3,(H,12,13);/q;+1/p-1. The van der Waals surface area contributed by atoms with Gasteiger partial charge in [-0.1, -0.05) is 36.8 Å². The third-order valence-electron chi connectivity index (χ3n) is 2.47. The van der Waals surface area contributed by atoms with Gasteiger partial charge in [-0.15, -0.1) is 6.54 Å². The molecule has 0 bridgehead atoms. The number of amides is 1. The van der Waals surface area contributed by atoms with E-state index in [0.717, 1.165) is 6.42 Å². The topological polar surface area (TPSA) is 31.2 Å². The normalized spacial score (nSPS) is 20.1. The molecular formula is C11H12NORb. The fourth-order valence-electron chi connectivity index (χ4n) is 1.65. The van der Waals surface area contributed by atoms with Gasteiger partial charge in [-0.05, 0) is 12.0 Å². The summed E-state index contributed by atoms with van der Waals surface area (Å²) in [6, 6.07) is 8.14. The first-order chi connectivity index (χ1) is 6.27. The van der Waals surface area contributed by atoms with Gasteiger partial charge < -0.3 is 10.1 Å². The van der Waals surface area contributed by atoms with Crippen molar-refractivity contribution in [2.75, 3.05) is 0 Å². The Morgan fingerprint density at radius 3 is 2.64 bits per heavy atom. The molecule has 0 N–H and O–H groups in total. The van der Waals surface area contributed by atoms with Crippen LogP contribution >= 0.6 is 0 Å². The summed E-state index contributed by atoms with van der Waals surface area (Å²) in [6.07, 6.45) is 0.832. The average molecular weight is 260 g/mol. The van der Waals surface area contributed by atoms with E-state index in [2.05, 4.69) is 11.4 Å². The summed E-state index contributed by atoms with van der Waals surface area (Å²) >= 11 is 0. The number of fused-ring (bicyclic) bond motifs is 1. The van der Waals surface area contributed by atoms with Crippen LogP contribution in [0.2, 0.25) is 0 Å². The molecule has 1 unspecified atom stereocenters. The van der Waals surface area contributed by atoms with Gasteiger partial charge in [-0.2, -0.15) is 0 Å². The van der Waals surface area contributed by atoms with Crippen LogP contribution in [0.1, 0.15) is 18.1 Å². The Morgan fingerprint density at radius 2 is 1.93 bits per heavy atom. The van der Waals surface area contributed by atoms with Crippen LogP contribution < -0.4 is 58.2 Å². The maximum Gasteiger partial charge on any atom is 1.00 e. The molecule has 1 aromatic carbocycles. The maximum absolute atomic E-state index is 11.3. The van der Waals surface area contributed by atoms with Crippen LogP contribution in [0.5, 0.6) is 0 Å². The summed E-state index contributed by atoms with van der Waals surface area (Å²) in [4.78, 5) is 11.3. The van der Waals surface area contributed by atoms with Gasteiger partial charge in [0.1, 0.15) is 0 Å². The van der Waals surface area contributed by atoms with Crippen molar-refractivity contribution in [3.05, 3.63) is 40.7 Å². The molecule has 0 radical (unpaired) electrons. The summed E-state index contributed by atoms with van der Waals surface area (Å²) in [5.41, 5.74) is 2.46. The van der Waals surface area contributed by atoms with E-state index in [0.29, 0.717) is 6.54 Å². The van der Waals surface area contributed by atoms with Crippen LogP contribution in [0, 0.1) is 5.92 Å². The van der Waals surface area contributed by atoms with Crippen LogP contribution in [0.4, 0.5) is 0 Å². The molecule has 0 fully saturated rings. The zero-order valence-corrected chi connectivity index (χ0v) is 13.6. The van der Waals surface area contributed by atoms with E-state index < -0.39 is 0 Å². The van der Waals surface area contributed by atoms with E-state index in [1.54, 1.807) is 0 Å².